The fraction of sp³-hybridized carbons (Fsp3) is 0.154. The standard InChI is InChI=1S/C13H12N2O3/c1-9-7-12(17)15(11-5-3-4-6-14-11)13(8-9)18-10(2)16/h3-8H,1-2H3. The number of esters is 1. The highest BCUT2D eigenvalue weighted by molar-refractivity contribution is 5.69. The molecule has 0 aliphatic rings. The molecule has 2 rings (SSSR count). The van der Waals surface area contributed by atoms with E-state index in [0.717, 1.165) is 5.56 Å². The van der Waals surface area contributed by atoms with Gasteiger partial charge in [-0.05, 0) is 24.6 Å². The van der Waals surface area contributed by atoms with Gasteiger partial charge in [0.1, 0.15) is 5.82 Å². The Bertz CT molecular complexity index is 632. The molecular formula is C13H12N2O3. The van der Waals surface area contributed by atoms with Gasteiger partial charge in [-0.1, -0.05) is 6.07 Å². The number of rotatable bonds is 2. The van der Waals surface area contributed by atoms with Crippen LogP contribution < -0.4 is 10.3 Å². The smallest absolute Gasteiger partial charge is 0.309 e. The van der Waals surface area contributed by atoms with Crippen LogP contribution in [0.5, 0.6) is 5.88 Å². The Balaban J connectivity index is 2.65. The van der Waals surface area contributed by atoms with Crippen molar-refractivity contribution in [2.24, 2.45) is 0 Å². The summed E-state index contributed by atoms with van der Waals surface area (Å²) in [6.07, 6.45) is 1.57. The van der Waals surface area contributed by atoms with E-state index in [2.05, 4.69) is 4.98 Å². The minimum atomic E-state index is -0.482. The molecule has 0 amide bonds. The largest absolute Gasteiger partial charge is 0.409 e. The fourth-order valence-corrected chi connectivity index (χ4v) is 1.60. The second-order valence-corrected chi connectivity index (χ2v) is 3.83. The number of carbonyl (C=O) groups is 1. The van der Waals surface area contributed by atoms with Gasteiger partial charge in [0.25, 0.3) is 5.56 Å². The van der Waals surface area contributed by atoms with E-state index in [0.29, 0.717) is 5.82 Å². The van der Waals surface area contributed by atoms with E-state index in [-0.39, 0.29) is 11.4 Å². The van der Waals surface area contributed by atoms with Crippen molar-refractivity contribution >= 4 is 5.97 Å². The summed E-state index contributed by atoms with van der Waals surface area (Å²) in [5, 5.41) is 0. The van der Waals surface area contributed by atoms with Gasteiger partial charge in [0.15, 0.2) is 0 Å². The van der Waals surface area contributed by atoms with E-state index < -0.39 is 5.97 Å². The van der Waals surface area contributed by atoms with Crippen LogP contribution in [0.3, 0.4) is 0 Å². The second kappa shape index (κ2) is 4.83. The van der Waals surface area contributed by atoms with Crippen molar-refractivity contribution in [2.45, 2.75) is 13.8 Å². The van der Waals surface area contributed by atoms with Gasteiger partial charge in [-0.3, -0.25) is 9.59 Å². The summed E-state index contributed by atoms with van der Waals surface area (Å²) in [7, 11) is 0. The average molecular weight is 244 g/mol. The molecule has 18 heavy (non-hydrogen) atoms. The molecule has 0 fully saturated rings. The molecule has 2 aromatic rings. The molecule has 0 bridgehead atoms. The van der Waals surface area contributed by atoms with Gasteiger partial charge in [-0.2, -0.15) is 0 Å². The second-order valence-electron chi connectivity index (χ2n) is 3.83. The SMILES string of the molecule is CC(=O)Oc1cc(C)cc(=O)n1-c1ccccn1. The Morgan fingerprint density at radius 3 is 2.72 bits per heavy atom. The van der Waals surface area contributed by atoms with Gasteiger partial charge in [0, 0.05) is 25.3 Å². The molecule has 0 saturated heterocycles. The van der Waals surface area contributed by atoms with E-state index in [4.69, 9.17) is 4.74 Å². The Morgan fingerprint density at radius 1 is 1.33 bits per heavy atom. The van der Waals surface area contributed by atoms with Gasteiger partial charge in [-0.15, -0.1) is 0 Å². The third-order valence-electron chi connectivity index (χ3n) is 2.27. The van der Waals surface area contributed by atoms with Crippen molar-refractivity contribution < 1.29 is 9.53 Å². The van der Waals surface area contributed by atoms with E-state index in [1.54, 1.807) is 37.4 Å². The van der Waals surface area contributed by atoms with Crippen LogP contribution >= 0.6 is 0 Å². The molecule has 0 unspecified atom stereocenters. The third-order valence-corrected chi connectivity index (χ3v) is 2.27. The molecular weight excluding hydrogens is 232 g/mol. The Morgan fingerprint density at radius 2 is 2.11 bits per heavy atom. The molecule has 5 heteroatoms. The Kier molecular flexibility index (Phi) is 3.23. The molecule has 2 aromatic heterocycles. The zero-order chi connectivity index (χ0) is 13.1. The van der Waals surface area contributed by atoms with Crippen LogP contribution in [-0.2, 0) is 4.79 Å². The summed E-state index contributed by atoms with van der Waals surface area (Å²) in [5.41, 5.74) is 0.438. The van der Waals surface area contributed by atoms with Crippen LogP contribution in [-0.4, -0.2) is 15.5 Å². The highest BCUT2D eigenvalue weighted by atomic mass is 16.5. The number of ether oxygens (including phenoxy) is 1. The molecule has 2 heterocycles. The molecule has 0 spiro atoms. The lowest BCUT2D eigenvalue weighted by atomic mass is 10.3. The summed E-state index contributed by atoms with van der Waals surface area (Å²) < 4.78 is 6.30. The number of aryl methyl sites for hydroxylation is 1. The summed E-state index contributed by atoms with van der Waals surface area (Å²) >= 11 is 0. The Hall–Kier alpha value is -2.43. The topological polar surface area (TPSA) is 61.2 Å². The van der Waals surface area contributed by atoms with Gasteiger partial charge in [0.2, 0.25) is 5.88 Å². The van der Waals surface area contributed by atoms with Gasteiger partial charge < -0.3 is 4.74 Å². The van der Waals surface area contributed by atoms with Crippen LogP contribution in [0, 0.1) is 6.92 Å². The molecule has 0 aromatic carbocycles. The van der Waals surface area contributed by atoms with Crippen molar-refractivity contribution in [3.05, 3.63) is 52.4 Å². The van der Waals surface area contributed by atoms with Crippen molar-refractivity contribution in [2.75, 3.05) is 0 Å². The van der Waals surface area contributed by atoms with Crippen LogP contribution in [0.1, 0.15) is 12.5 Å². The van der Waals surface area contributed by atoms with Crippen molar-refractivity contribution in [3.63, 3.8) is 0 Å². The van der Waals surface area contributed by atoms with Gasteiger partial charge in [-0.25, -0.2) is 9.55 Å². The summed E-state index contributed by atoms with van der Waals surface area (Å²) in [5.74, 6) is 0.106. The normalized spacial score (nSPS) is 10.1. The minimum Gasteiger partial charge on any atom is -0.409 e. The van der Waals surface area contributed by atoms with Crippen LogP contribution in [0.15, 0.2) is 41.3 Å². The maximum Gasteiger partial charge on any atom is 0.309 e. The summed E-state index contributed by atoms with van der Waals surface area (Å²) in [6.45, 7) is 3.05. The number of hydrogen-bond donors (Lipinski definition) is 0. The average Bonchev–Trinajstić information content (AvgIpc) is 2.28. The zero-order valence-corrected chi connectivity index (χ0v) is 10.1. The van der Waals surface area contributed by atoms with E-state index >= 15 is 0 Å². The predicted molar refractivity (Wildman–Crippen MR) is 65.9 cm³/mol. The molecule has 0 atom stereocenters. The fourth-order valence-electron chi connectivity index (χ4n) is 1.60. The highest BCUT2D eigenvalue weighted by Crippen LogP contribution is 2.15. The lowest BCUT2D eigenvalue weighted by Gasteiger charge is -2.11. The van der Waals surface area contributed by atoms with E-state index in [1.165, 1.54) is 17.6 Å². The number of pyridine rings is 2. The highest BCUT2D eigenvalue weighted by Gasteiger charge is 2.11. The first-order chi connectivity index (χ1) is 8.58. The summed E-state index contributed by atoms with van der Waals surface area (Å²) in [4.78, 5) is 27.1. The number of aromatic nitrogens is 2. The van der Waals surface area contributed by atoms with Crippen molar-refractivity contribution in [1.82, 2.24) is 9.55 Å². The molecule has 0 saturated carbocycles. The summed E-state index contributed by atoms with van der Waals surface area (Å²) in [6, 6.07) is 8.25. The zero-order valence-electron chi connectivity index (χ0n) is 10.1. The molecule has 0 radical (unpaired) electrons. The first kappa shape index (κ1) is 12.0. The molecule has 92 valence electrons. The molecule has 0 aliphatic heterocycles. The van der Waals surface area contributed by atoms with E-state index in [9.17, 15) is 9.59 Å². The van der Waals surface area contributed by atoms with Crippen molar-refractivity contribution in [1.29, 1.82) is 0 Å². The Labute approximate surface area is 104 Å². The van der Waals surface area contributed by atoms with Gasteiger partial charge >= 0.3 is 5.97 Å². The minimum absolute atomic E-state index is 0.172. The number of carbonyl (C=O) groups excluding carboxylic acids is 1. The maximum absolute atomic E-state index is 12.0. The number of hydrogen-bond acceptors (Lipinski definition) is 4. The maximum atomic E-state index is 12.0. The van der Waals surface area contributed by atoms with E-state index in [1.807, 2.05) is 0 Å². The monoisotopic (exact) mass is 244 g/mol. The number of nitrogens with zero attached hydrogens (tertiary/aromatic N) is 2. The molecule has 0 N–H and O–H groups in total. The predicted octanol–water partition coefficient (Wildman–Crippen LogP) is 1.47. The quantitative estimate of drug-likeness (QED) is 0.750. The van der Waals surface area contributed by atoms with Crippen LogP contribution in [0.2, 0.25) is 0 Å². The molecule has 0 aliphatic carbocycles. The van der Waals surface area contributed by atoms with Crippen LogP contribution in [0.4, 0.5) is 0 Å². The first-order valence-electron chi connectivity index (χ1n) is 5.41. The lowest BCUT2D eigenvalue weighted by molar-refractivity contribution is -0.132. The molecule has 5 nitrogen and oxygen atoms in total. The van der Waals surface area contributed by atoms with Crippen molar-refractivity contribution in [3.8, 4) is 11.7 Å². The lowest BCUT2D eigenvalue weighted by Crippen LogP contribution is -2.22. The van der Waals surface area contributed by atoms with Crippen LogP contribution in [0.25, 0.3) is 5.82 Å². The van der Waals surface area contributed by atoms with Gasteiger partial charge in [0.05, 0.1) is 0 Å². The first-order valence-corrected chi connectivity index (χ1v) is 5.41. The third kappa shape index (κ3) is 2.45.